The highest BCUT2D eigenvalue weighted by atomic mass is 19.1. The van der Waals surface area contributed by atoms with E-state index in [9.17, 15) is 4.39 Å². The minimum Gasteiger partial charge on any atom is -0.497 e. The molecule has 0 spiro atoms. The van der Waals surface area contributed by atoms with Crippen LogP contribution >= 0.6 is 0 Å². The van der Waals surface area contributed by atoms with Crippen molar-refractivity contribution in [1.29, 1.82) is 0 Å². The average Bonchev–Trinajstić information content (AvgIpc) is 3.10. The zero-order chi connectivity index (χ0) is 16.2. The Kier molecular flexibility index (Phi) is 4.67. The summed E-state index contributed by atoms with van der Waals surface area (Å²) in [6.45, 7) is 1.83. The largest absolute Gasteiger partial charge is 0.497 e. The van der Waals surface area contributed by atoms with Crippen molar-refractivity contribution in [3.63, 3.8) is 0 Å². The maximum absolute atomic E-state index is 14.7. The minimum atomic E-state index is -0.0709. The van der Waals surface area contributed by atoms with Gasteiger partial charge in [0.2, 0.25) is 0 Å². The second-order valence-corrected chi connectivity index (χ2v) is 6.12. The first-order valence-electron chi connectivity index (χ1n) is 8.14. The predicted molar refractivity (Wildman–Crippen MR) is 91.3 cm³/mol. The molecule has 3 rings (SSSR count). The van der Waals surface area contributed by atoms with E-state index in [0.29, 0.717) is 11.5 Å². The van der Waals surface area contributed by atoms with Crippen LogP contribution in [0.3, 0.4) is 0 Å². The van der Waals surface area contributed by atoms with Crippen LogP contribution in [0.4, 0.5) is 4.39 Å². The van der Waals surface area contributed by atoms with Crippen molar-refractivity contribution in [3.8, 4) is 17.6 Å². The highest BCUT2D eigenvalue weighted by molar-refractivity contribution is 5.50. The summed E-state index contributed by atoms with van der Waals surface area (Å²) >= 11 is 0. The van der Waals surface area contributed by atoms with Gasteiger partial charge in [0.1, 0.15) is 11.6 Å². The average molecular weight is 308 g/mol. The quantitative estimate of drug-likeness (QED) is 0.693. The fourth-order valence-corrected chi connectivity index (χ4v) is 3.24. The molecule has 1 fully saturated rings. The lowest BCUT2D eigenvalue weighted by molar-refractivity contribution is 0.415. The van der Waals surface area contributed by atoms with Crippen molar-refractivity contribution < 1.29 is 9.13 Å². The lowest BCUT2D eigenvalue weighted by atomic mass is 9.90. The van der Waals surface area contributed by atoms with E-state index in [4.69, 9.17) is 4.74 Å². The lowest BCUT2D eigenvalue weighted by Gasteiger charge is -2.14. The van der Waals surface area contributed by atoms with E-state index >= 15 is 0 Å². The molecule has 2 heteroatoms. The molecule has 118 valence electrons. The van der Waals surface area contributed by atoms with E-state index in [2.05, 4.69) is 11.8 Å². The molecule has 1 nitrogen and oxygen atoms in total. The topological polar surface area (TPSA) is 9.23 Å². The minimum absolute atomic E-state index is 0.0709. The number of hydrogen-bond donors (Lipinski definition) is 0. The number of ether oxygens (including phenoxy) is 1. The number of aryl methyl sites for hydroxylation is 1. The summed E-state index contributed by atoms with van der Waals surface area (Å²) in [6.07, 6.45) is 4.50. The monoisotopic (exact) mass is 308 g/mol. The summed E-state index contributed by atoms with van der Waals surface area (Å²) in [5.41, 5.74) is 3.27. The van der Waals surface area contributed by atoms with Gasteiger partial charge in [0.25, 0.3) is 0 Å². The highest BCUT2D eigenvalue weighted by Crippen LogP contribution is 2.37. The maximum atomic E-state index is 14.7. The van der Waals surface area contributed by atoms with Gasteiger partial charge < -0.3 is 4.74 Å². The van der Waals surface area contributed by atoms with Gasteiger partial charge >= 0.3 is 0 Å². The molecule has 0 unspecified atom stereocenters. The Hall–Kier alpha value is -2.27. The van der Waals surface area contributed by atoms with Gasteiger partial charge in [-0.15, -0.1) is 0 Å². The van der Waals surface area contributed by atoms with E-state index in [0.717, 1.165) is 35.3 Å². The van der Waals surface area contributed by atoms with Crippen LogP contribution < -0.4 is 4.74 Å². The Morgan fingerprint density at radius 1 is 1.00 bits per heavy atom. The molecule has 23 heavy (non-hydrogen) atoms. The number of halogens is 1. The second-order valence-electron chi connectivity index (χ2n) is 6.12. The summed E-state index contributed by atoms with van der Waals surface area (Å²) in [4.78, 5) is 0. The van der Waals surface area contributed by atoms with Gasteiger partial charge in [0.15, 0.2) is 0 Å². The molecule has 0 N–H and O–H groups in total. The molecular weight excluding hydrogens is 287 g/mol. The van der Waals surface area contributed by atoms with E-state index in [1.54, 1.807) is 7.11 Å². The lowest BCUT2D eigenvalue weighted by Crippen LogP contribution is -2.02. The van der Waals surface area contributed by atoms with E-state index in [1.165, 1.54) is 12.8 Å². The van der Waals surface area contributed by atoms with Crippen molar-refractivity contribution in [2.24, 2.45) is 0 Å². The first kappa shape index (κ1) is 15.6. The van der Waals surface area contributed by atoms with E-state index in [-0.39, 0.29) is 5.82 Å². The maximum Gasteiger partial charge on any atom is 0.130 e. The standard InChI is InChI=1S/C21H21FO/c1-15-7-11-18(20(21(15)22)17-5-3-4-6-17)12-8-16-9-13-19(23-2)14-10-16/h7,9-11,13-14,17H,3-6H2,1-2H3. The first-order valence-corrected chi connectivity index (χ1v) is 8.14. The van der Waals surface area contributed by atoms with Crippen LogP contribution in [0, 0.1) is 24.6 Å². The fourth-order valence-electron chi connectivity index (χ4n) is 3.24. The van der Waals surface area contributed by atoms with Gasteiger partial charge in [-0.1, -0.05) is 30.7 Å². The van der Waals surface area contributed by atoms with Crippen LogP contribution in [-0.2, 0) is 0 Å². The molecule has 0 amide bonds. The Morgan fingerprint density at radius 3 is 2.35 bits per heavy atom. The summed E-state index contributed by atoms with van der Waals surface area (Å²) in [6, 6.07) is 11.4. The third-order valence-electron chi connectivity index (χ3n) is 4.57. The molecule has 0 radical (unpaired) electrons. The smallest absolute Gasteiger partial charge is 0.130 e. The van der Waals surface area contributed by atoms with Crippen molar-refractivity contribution in [2.75, 3.05) is 7.11 Å². The predicted octanol–water partition coefficient (Wildman–Crippen LogP) is 5.20. The molecule has 1 saturated carbocycles. The van der Waals surface area contributed by atoms with E-state index < -0.39 is 0 Å². The highest BCUT2D eigenvalue weighted by Gasteiger charge is 2.23. The van der Waals surface area contributed by atoms with Crippen molar-refractivity contribution in [1.82, 2.24) is 0 Å². The summed E-state index contributed by atoms with van der Waals surface area (Å²) in [7, 11) is 1.64. The SMILES string of the molecule is COc1ccc(C#Cc2ccc(C)c(F)c2C2CCCC2)cc1. The molecule has 2 aromatic carbocycles. The van der Waals surface area contributed by atoms with Crippen LogP contribution in [0.2, 0.25) is 0 Å². The van der Waals surface area contributed by atoms with Gasteiger partial charge in [-0.05, 0) is 61.6 Å². The Labute approximate surface area is 137 Å². The van der Waals surface area contributed by atoms with E-state index in [1.807, 2.05) is 43.3 Å². The summed E-state index contributed by atoms with van der Waals surface area (Å²) in [5, 5.41) is 0. The zero-order valence-electron chi connectivity index (χ0n) is 13.7. The molecule has 0 atom stereocenters. The molecule has 0 heterocycles. The van der Waals surface area contributed by atoms with Gasteiger partial charge in [0.05, 0.1) is 7.11 Å². The Balaban J connectivity index is 1.96. The third kappa shape index (κ3) is 3.40. The normalized spacial score (nSPS) is 14.4. The summed E-state index contributed by atoms with van der Waals surface area (Å²) < 4.78 is 19.8. The fraction of sp³-hybridized carbons (Fsp3) is 0.333. The van der Waals surface area contributed by atoms with Crippen LogP contribution in [0.1, 0.15) is 53.9 Å². The Morgan fingerprint density at radius 2 is 1.70 bits per heavy atom. The second kappa shape index (κ2) is 6.87. The van der Waals surface area contributed by atoms with Crippen molar-refractivity contribution in [2.45, 2.75) is 38.5 Å². The molecule has 1 aliphatic carbocycles. The molecule has 0 aromatic heterocycles. The summed E-state index contributed by atoms with van der Waals surface area (Å²) in [5.74, 6) is 7.38. The number of methoxy groups -OCH3 is 1. The number of hydrogen-bond acceptors (Lipinski definition) is 1. The van der Waals surface area contributed by atoms with Crippen LogP contribution in [0.25, 0.3) is 0 Å². The molecule has 0 saturated heterocycles. The molecule has 0 bridgehead atoms. The van der Waals surface area contributed by atoms with Gasteiger partial charge in [0, 0.05) is 16.7 Å². The van der Waals surface area contributed by atoms with Crippen LogP contribution in [0.15, 0.2) is 36.4 Å². The third-order valence-corrected chi connectivity index (χ3v) is 4.57. The molecule has 1 aliphatic rings. The Bertz CT molecular complexity index is 744. The van der Waals surface area contributed by atoms with Crippen LogP contribution in [-0.4, -0.2) is 7.11 Å². The molecule has 2 aromatic rings. The molecule has 0 aliphatic heterocycles. The van der Waals surface area contributed by atoms with Crippen molar-refractivity contribution in [3.05, 3.63) is 64.5 Å². The van der Waals surface area contributed by atoms with Gasteiger partial charge in [-0.2, -0.15) is 0 Å². The first-order chi connectivity index (χ1) is 11.2. The number of rotatable bonds is 2. The van der Waals surface area contributed by atoms with Crippen molar-refractivity contribution >= 4 is 0 Å². The zero-order valence-corrected chi connectivity index (χ0v) is 13.7. The van der Waals surface area contributed by atoms with Crippen LogP contribution in [0.5, 0.6) is 5.75 Å². The van der Waals surface area contributed by atoms with Gasteiger partial charge in [-0.25, -0.2) is 4.39 Å². The van der Waals surface area contributed by atoms with Gasteiger partial charge in [-0.3, -0.25) is 0 Å². The molecular formula is C21H21FO. The number of benzene rings is 2.